The van der Waals surface area contributed by atoms with E-state index in [4.69, 9.17) is 21.1 Å². The Bertz CT molecular complexity index is 905. The Morgan fingerprint density at radius 1 is 1.36 bits per heavy atom. The molecule has 0 bridgehead atoms. The maximum atomic E-state index is 12.7. The fourth-order valence-corrected chi connectivity index (χ4v) is 3.08. The van der Waals surface area contributed by atoms with Crippen LogP contribution in [0, 0.1) is 0 Å². The molecule has 2 amide bonds. The summed E-state index contributed by atoms with van der Waals surface area (Å²) in [5, 5.41) is 7.28. The number of aromatic nitrogens is 3. The van der Waals surface area contributed by atoms with E-state index in [9.17, 15) is 9.59 Å². The SMILES string of the molecule is CO[C@@H]1CCC1NC(=O)c1cnn2c(N(C)C(=O)OC(C)(C)C)cc(Cl)nc12. The Kier molecular flexibility index (Phi) is 5.49. The van der Waals surface area contributed by atoms with Gasteiger partial charge in [-0.25, -0.2) is 9.78 Å². The Morgan fingerprint density at radius 3 is 2.64 bits per heavy atom. The quantitative estimate of drug-likeness (QED) is 0.779. The molecule has 2 heterocycles. The van der Waals surface area contributed by atoms with Gasteiger partial charge in [-0.05, 0) is 33.6 Å². The number of rotatable bonds is 4. The molecule has 3 rings (SSSR count). The first-order chi connectivity index (χ1) is 13.1. The molecule has 10 heteroatoms. The number of carbonyl (C=O) groups excluding carboxylic acids is 2. The van der Waals surface area contributed by atoms with Gasteiger partial charge in [0, 0.05) is 20.2 Å². The van der Waals surface area contributed by atoms with E-state index < -0.39 is 11.7 Å². The highest BCUT2D eigenvalue weighted by Gasteiger charge is 2.33. The van der Waals surface area contributed by atoms with Crippen LogP contribution in [0.25, 0.3) is 5.65 Å². The molecule has 1 N–H and O–H groups in total. The van der Waals surface area contributed by atoms with Crippen LogP contribution in [0.2, 0.25) is 5.15 Å². The summed E-state index contributed by atoms with van der Waals surface area (Å²) in [6.45, 7) is 5.33. The smallest absolute Gasteiger partial charge is 0.415 e. The number of anilines is 1. The van der Waals surface area contributed by atoms with Crippen LogP contribution in [0.3, 0.4) is 0 Å². The zero-order valence-electron chi connectivity index (χ0n) is 16.5. The summed E-state index contributed by atoms with van der Waals surface area (Å²) >= 11 is 6.15. The summed E-state index contributed by atoms with van der Waals surface area (Å²) in [5.41, 5.74) is -0.135. The van der Waals surface area contributed by atoms with Crippen molar-refractivity contribution in [2.24, 2.45) is 0 Å². The standard InChI is InChI=1S/C18H24ClN5O4/c1-18(2,3)28-17(26)23(4)14-8-13(19)22-15-10(9-20-24(14)15)16(25)21-11-6-7-12(11)27-5/h8-9,11-12H,6-7H2,1-5H3,(H,21,25)/t11?,12-/m1/s1. The van der Waals surface area contributed by atoms with Gasteiger partial charge in [0.05, 0.1) is 18.3 Å². The summed E-state index contributed by atoms with van der Waals surface area (Å²) in [5.74, 6) is 0.0177. The van der Waals surface area contributed by atoms with E-state index in [2.05, 4.69) is 15.4 Å². The van der Waals surface area contributed by atoms with E-state index in [1.54, 1.807) is 27.9 Å². The lowest BCUT2D eigenvalue weighted by Gasteiger charge is -2.35. The first kappa shape index (κ1) is 20.3. The number of halogens is 1. The van der Waals surface area contributed by atoms with Gasteiger partial charge in [0.1, 0.15) is 22.1 Å². The number of nitrogens with one attached hydrogen (secondary N) is 1. The molecule has 1 unspecified atom stereocenters. The third-order valence-electron chi connectivity index (χ3n) is 4.51. The normalized spacial score (nSPS) is 19.2. The largest absolute Gasteiger partial charge is 0.443 e. The maximum absolute atomic E-state index is 12.7. The predicted octanol–water partition coefficient (Wildman–Crippen LogP) is 2.66. The third-order valence-corrected chi connectivity index (χ3v) is 4.70. The number of amides is 2. The van der Waals surface area contributed by atoms with Crippen molar-refractivity contribution < 1.29 is 19.1 Å². The zero-order valence-corrected chi connectivity index (χ0v) is 17.3. The molecule has 1 saturated carbocycles. The number of hydrogen-bond acceptors (Lipinski definition) is 6. The first-order valence-electron chi connectivity index (χ1n) is 8.95. The Hall–Kier alpha value is -2.39. The van der Waals surface area contributed by atoms with Crippen molar-refractivity contribution in [3.8, 4) is 0 Å². The van der Waals surface area contributed by atoms with Crippen molar-refractivity contribution in [2.45, 2.75) is 51.4 Å². The molecule has 0 aromatic carbocycles. The number of nitrogens with zero attached hydrogens (tertiary/aromatic N) is 4. The molecule has 2 aromatic rings. The van der Waals surface area contributed by atoms with Crippen molar-refractivity contribution in [2.75, 3.05) is 19.1 Å². The number of methoxy groups -OCH3 is 1. The summed E-state index contributed by atoms with van der Waals surface area (Å²) in [6.07, 6.45) is 2.60. The average Bonchev–Trinajstić information content (AvgIpc) is 2.99. The molecular weight excluding hydrogens is 386 g/mol. The van der Waals surface area contributed by atoms with Crippen molar-refractivity contribution in [1.29, 1.82) is 0 Å². The highest BCUT2D eigenvalue weighted by Crippen LogP contribution is 2.25. The lowest BCUT2D eigenvalue weighted by Crippen LogP contribution is -2.51. The zero-order chi connectivity index (χ0) is 20.6. The van der Waals surface area contributed by atoms with Crippen LogP contribution in [0.15, 0.2) is 12.3 Å². The van der Waals surface area contributed by atoms with Crippen molar-refractivity contribution in [3.05, 3.63) is 23.0 Å². The van der Waals surface area contributed by atoms with E-state index in [0.29, 0.717) is 5.82 Å². The van der Waals surface area contributed by atoms with Crippen LogP contribution >= 0.6 is 11.6 Å². The van der Waals surface area contributed by atoms with Crippen LogP contribution in [0.1, 0.15) is 44.0 Å². The van der Waals surface area contributed by atoms with Crippen molar-refractivity contribution >= 4 is 35.1 Å². The van der Waals surface area contributed by atoms with Gasteiger partial charge in [0.25, 0.3) is 5.91 Å². The van der Waals surface area contributed by atoms with E-state index in [0.717, 1.165) is 12.8 Å². The highest BCUT2D eigenvalue weighted by atomic mass is 35.5. The molecule has 2 aromatic heterocycles. The van der Waals surface area contributed by atoms with Gasteiger partial charge in [-0.15, -0.1) is 0 Å². The lowest BCUT2D eigenvalue weighted by atomic mass is 9.89. The van der Waals surface area contributed by atoms with Crippen LogP contribution in [-0.4, -0.2) is 58.5 Å². The van der Waals surface area contributed by atoms with E-state index in [1.807, 2.05) is 0 Å². The summed E-state index contributed by atoms with van der Waals surface area (Å²) in [4.78, 5) is 30.6. The molecule has 152 valence electrons. The van der Waals surface area contributed by atoms with E-state index in [-0.39, 0.29) is 34.4 Å². The molecule has 0 saturated heterocycles. The maximum Gasteiger partial charge on any atom is 0.415 e. The fraction of sp³-hybridized carbons (Fsp3) is 0.556. The predicted molar refractivity (Wildman–Crippen MR) is 104 cm³/mol. The second-order valence-electron chi connectivity index (χ2n) is 7.70. The molecule has 0 spiro atoms. The number of ether oxygens (including phenoxy) is 2. The van der Waals surface area contributed by atoms with Crippen LogP contribution in [0.4, 0.5) is 10.6 Å². The summed E-state index contributed by atoms with van der Waals surface area (Å²) in [7, 11) is 3.16. The minimum atomic E-state index is -0.656. The van der Waals surface area contributed by atoms with Gasteiger partial charge < -0.3 is 14.8 Å². The van der Waals surface area contributed by atoms with Gasteiger partial charge in [0.2, 0.25) is 0 Å². The molecule has 1 aliphatic rings. The third kappa shape index (κ3) is 4.05. The van der Waals surface area contributed by atoms with E-state index >= 15 is 0 Å². The molecule has 0 radical (unpaired) electrons. The molecule has 0 aliphatic heterocycles. The minimum Gasteiger partial charge on any atom is -0.443 e. The number of carbonyl (C=O) groups is 2. The van der Waals surface area contributed by atoms with Crippen molar-refractivity contribution in [3.63, 3.8) is 0 Å². The minimum absolute atomic E-state index is 0.0104. The Morgan fingerprint density at radius 2 is 2.07 bits per heavy atom. The number of fused-ring (bicyclic) bond motifs is 1. The van der Waals surface area contributed by atoms with Gasteiger partial charge >= 0.3 is 6.09 Å². The second kappa shape index (κ2) is 7.56. The number of hydrogen-bond donors (Lipinski definition) is 1. The topological polar surface area (TPSA) is 98.1 Å². The Balaban J connectivity index is 1.90. The molecule has 28 heavy (non-hydrogen) atoms. The highest BCUT2D eigenvalue weighted by molar-refractivity contribution is 6.30. The lowest BCUT2D eigenvalue weighted by molar-refractivity contribution is 0.00732. The van der Waals surface area contributed by atoms with Gasteiger partial charge in [0.15, 0.2) is 5.65 Å². The molecule has 2 atom stereocenters. The summed E-state index contributed by atoms with van der Waals surface area (Å²) in [6, 6.07) is 1.44. The van der Waals surface area contributed by atoms with Gasteiger partial charge in [-0.3, -0.25) is 9.69 Å². The molecule has 1 fully saturated rings. The second-order valence-corrected chi connectivity index (χ2v) is 8.09. The first-order valence-corrected chi connectivity index (χ1v) is 9.33. The monoisotopic (exact) mass is 409 g/mol. The molecular formula is C18H24ClN5O4. The fourth-order valence-electron chi connectivity index (χ4n) is 2.90. The van der Waals surface area contributed by atoms with Gasteiger partial charge in [-0.1, -0.05) is 11.6 Å². The summed E-state index contributed by atoms with van der Waals surface area (Å²) < 4.78 is 12.1. The molecule has 9 nitrogen and oxygen atoms in total. The van der Waals surface area contributed by atoms with Crippen LogP contribution < -0.4 is 10.2 Å². The van der Waals surface area contributed by atoms with E-state index in [1.165, 1.54) is 28.7 Å². The van der Waals surface area contributed by atoms with Crippen LogP contribution in [0.5, 0.6) is 0 Å². The molecule has 1 aliphatic carbocycles. The average molecular weight is 410 g/mol. The van der Waals surface area contributed by atoms with Crippen molar-refractivity contribution in [1.82, 2.24) is 19.9 Å². The van der Waals surface area contributed by atoms with Crippen LogP contribution in [-0.2, 0) is 9.47 Å². The Labute approximate surface area is 167 Å². The van der Waals surface area contributed by atoms with Gasteiger partial charge in [-0.2, -0.15) is 9.61 Å².